The highest BCUT2D eigenvalue weighted by atomic mass is 32.1. The first-order valence-electron chi connectivity index (χ1n) is 10.2. The van der Waals surface area contributed by atoms with E-state index in [1.54, 1.807) is 24.3 Å². The van der Waals surface area contributed by atoms with Crippen LogP contribution in [0.4, 0.5) is 0 Å². The first-order chi connectivity index (χ1) is 15.3. The van der Waals surface area contributed by atoms with Gasteiger partial charge in [-0.3, -0.25) is 4.79 Å². The van der Waals surface area contributed by atoms with Crippen molar-refractivity contribution in [3.05, 3.63) is 99.6 Å². The zero-order chi connectivity index (χ0) is 22.8. The molecule has 0 unspecified atom stereocenters. The van der Waals surface area contributed by atoms with Crippen molar-refractivity contribution in [3.8, 4) is 0 Å². The van der Waals surface area contributed by atoms with Gasteiger partial charge >= 0.3 is 5.97 Å². The molecule has 0 atom stereocenters. The molecule has 1 aromatic heterocycles. The van der Waals surface area contributed by atoms with Crippen LogP contribution in [0.1, 0.15) is 38.2 Å². The smallest absolute Gasteiger partial charge is 0.336 e. The van der Waals surface area contributed by atoms with E-state index in [0.29, 0.717) is 22.2 Å². The molecule has 0 aliphatic rings. The molecule has 1 heterocycles. The molecule has 6 heteroatoms. The van der Waals surface area contributed by atoms with Gasteiger partial charge in [0.05, 0.1) is 17.3 Å². The van der Waals surface area contributed by atoms with Crippen LogP contribution < -0.4 is 0 Å². The van der Waals surface area contributed by atoms with Gasteiger partial charge in [-0.2, -0.15) is 8.75 Å². The third-order valence-electron chi connectivity index (χ3n) is 5.60. The van der Waals surface area contributed by atoms with E-state index in [9.17, 15) is 14.7 Å². The standard InChI is InChI=1S/C26H22N2O3S/c1-15-4-7-18(8-5-15)13-21(25(29)20-9-6-16(2)17(3)12-20)24(26(30)31)19-10-11-22-23(14-19)28-32-27-22/h4-12,14H,13H2,1-3H3,(H,30,31). The zero-order valence-electron chi connectivity index (χ0n) is 18.0. The second-order valence-electron chi connectivity index (χ2n) is 7.92. The highest BCUT2D eigenvalue weighted by Crippen LogP contribution is 2.28. The lowest BCUT2D eigenvalue weighted by atomic mass is 9.88. The van der Waals surface area contributed by atoms with Crippen LogP contribution in [0.25, 0.3) is 16.6 Å². The number of benzene rings is 3. The van der Waals surface area contributed by atoms with Crippen molar-refractivity contribution in [1.29, 1.82) is 0 Å². The summed E-state index contributed by atoms with van der Waals surface area (Å²) in [7, 11) is 0. The molecule has 0 bridgehead atoms. The minimum Gasteiger partial charge on any atom is -0.478 e. The molecule has 1 N–H and O–H groups in total. The maximum Gasteiger partial charge on any atom is 0.336 e. The number of hydrogen-bond acceptors (Lipinski definition) is 5. The highest BCUT2D eigenvalue weighted by Gasteiger charge is 2.24. The van der Waals surface area contributed by atoms with Gasteiger partial charge in [0, 0.05) is 17.6 Å². The fourth-order valence-electron chi connectivity index (χ4n) is 3.61. The van der Waals surface area contributed by atoms with Gasteiger partial charge in [0.2, 0.25) is 0 Å². The van der Waals surface area contributed by atoms with Crippen LogP contribution >= 0.6 is 11.7 Å². The van der Waals surface area contributed by atoms with Gasteiger partial charge in [-0.15, -0.1) is 0 Å². The van der Waals surface area contributed by atoms with Crippen LogP contribution in [0, 0.1) is 20.8 Å². The third-order valence-corrected chi connectivity index (χ3v) is 6.16. The van der Waals surface area contributed by atoms with E-state index in [0.717, 1.165) is 34.0 Å². The van der Waals surface area contributed by atoms with E-state index in [4.69, 9.17) is 0 Å². The monoisotopic (exact) mass is 442 g/mol. The number of ketones is 1. The molecule has 0 saturated heterocycles. The average molecular weight is 443 g/mol. The number of rotatable bonds is 6. The molecule has 32 heavy (non-hydrogen) atoms. The predicted molar refractivity (Wildman–Crippen MR) is 127 cm³/mol. The van der Waals surface area contributed by atoms with Gasteiger partial charge in [-0.05, 0) is 61.2 Å². The quantitative estimate of drug-likeness (QED) is 0.311. The first-order valence-corrected chi connectivity index (χ1v) is 10.9. The molecule has 5 nitrogen and oxygen atoms in total. The zero-order valence-corrected chi connectivity index (χ0v) is 18.9. The number of carbonyl (C=O) groups excluding carboxylic acids is 1. The van der Waals surface area contributed by atoms with Crippen molar-refractivity contribution in [2.24, 2.45) is 0 Å². The number of fused-ring (bicyclic) bond motifs is 1. The van der Waals surface area contributed by atoms with E-state index in [-0.39, 0.29) is 23.4 Å². The molecule has 0 radical (unpaired) electrons. The fourth-order valence-corrected chi connectivity index (χ4v) is 4.13. The van der Waals surface area contributed by atoms with Crippen molar-refractivity contribution in [1.82, 2.24) is 8.75 Å². The van der Waals surface area contributed by atoms with Gasteiger partial charge in [0.1, 0.15) is 11.0 Å². The van der Waals surface area contributed by atoms with Gasteiger partial charge < -0.3 is 5.11 Å². The minimum absolute atomic E-state index is 0.0105. The summed E-state index contributed by atoms with van der Waals surface area (Å²) in [4.78, 5) is 26.1. The summed E-state index contributed by atoms with van der Waals surface area (Å²) in [6, 6.07) is 18.3. The number of aryl methyl sites for hydroxylation is 3. The SMILES string of the molecule is Cc1ccc(CC(C(=O)c2ccc(C)c(C)c2)=C(C(=O)O)c2ccc3nsnc3c2)cc1. The lowest BCUT2D eigenvalue weighted by Crippen LogP contribution is -2.14. The lowest BCUT2D eigenvalue weighted by Gasteiger charge is -2.14. The minimum atomic E-state index is -1.15. The number of carbonyl (C=O) groups is 2. The van der Waals surface area contributed by atoms with E-state index >= 15 is 0 Å². The summed E-state index contributed by atoms with van der Waals surface area (Å²) in [6.07, 6.45) is 0.209. The van der Waals surface area contributed by atoms with Crippen LogP contribution in [-0.4, -0.2) is 25.6 Å². The Kier molecular flexibility index (Phi) is 5.97. The van der Waals surface area contributed by atoms with E-state index in [1.165, 1.54) is 0 Å². The molecule has 0 aliphatic heterocycles. The molecule has 3 aromatic carbocycles. The maximum atomic E-state index is 13.7. The Morgan fingerprint density at radius 2 is 1.50 bits per heavy atom. The summed E-state index contributed by atoms with van der Waals surface area (Å²) in [5, 5.41) is 10.2. The summed E-state index contributed by atoms with van der Waals surface area (Å²) in [5.74, 6) is -1.44. The molecular formula is C26H22N2O3S. The summed E-state index contributed by atoms with van der Waals surface area (Å²) < 4.78 is 8.41. The van der Waals surface area contributed by atoms with Crippen LogP contribution in [0.5, 0.6) is 0 Å². The number of aromatic nitrogens is 2. The van der Waals surface area contributed by atoms with Gasteiger partial charge in [-0.1, -0.05) is 48.0 Å². The Labute approximate surface area is 190 Å². The van der Waals surface area contributed by atoms with Gasteiger partial charge in [0.15, 0.2) is 5.78 Å². The molecule has 4 rings (SSSR count). The van der Waals surface area contributed by atoms with Gasteiger partial charge in [0.25, 0.3) is 0 Å². The number of carboxylic acid groups (broad SMARTS) is 1. The second kappa shape index (κ2) is 8.85. The Hall–Kier alpha value is -3.64. The van der Waals surface area contributed by atoms with E-state index in [1.807, 2.05) is 57.2 Å². The van der Waals surface area contributed by atoms with Crippen molar-refractivity contribution < 1.29 is 14.7 Å². The molecule has 0 spiro atoms. The number of carboxylic acids is 1. The Balaban J connectivity index is 1.92. The summed E-state index contributed by atoms with van der Waals surface area (Å²) in [6.45, 7) is 5.91. The Morgan fingerprint density at radius 1 is 0.812 bits per heavy atom. The summed E-state index contributed by atoms with van der Waals surface area (Å²) in [5.41, 5.74) is 6.49. The average Bonchev–Trinajstić information content (AvgIpc) is 3.24. The topological polar surface area (TPSA) is 80.2 Å². The number of aliphatic carboxylic acids is 1. The first kappa shape index (κ1) is 21.6. The number of Topliss-reactive ketones (excluding diaryl/α,β-unsaturated/α-hetero) is 1. The van der Waals surface area contributed by atoms with Crippen molar-refractivity contribution >= 4 is 40.1 Å². The molecular weight excluding hydrogens is 420 g/mol. The van der Waals surface area contributed by atoms with Crippen molar-refractivity contribution in [2.45, 2.75) is 27.2 Å². The molecule has 0 fully saturated rings. The second-order valence-corrected chi connectivity index (χ2v) is 8.45. The largest absolute Gasteiger partial charge is 0.478 e. The van der Waals surface area contributed by atoms with Crippen LogP contribution in [0.15, 0.2) is 66.2 Å². The Bertz CT molecular complexity index is 1370. The fraction of sp³-hybridized carbons (Fsp3) is 0.154. The van der Waals surface area contributed by atoms with Crippen molar-refractivity contribution in [2.75, 3.05) is 0 Å². The predicted octanol–water partition coefficient (Wildman–Crippen LogP) is 5.58. The summed E-state index contributed by atoms with van der Waals surface area (Å²) >= 11 is 1.07. The van der Waals surface area contributed by atoms with Crippen LogP contribution in [-0.2, 0) is 11.2 Å². The third kappa shape index (κ3) is 4.36. The molecule has 0 saturated carbocycles. The molecule has 0 amide bonds. The van der Waals surface area contributed by atoms with Crippen molar-refractivity contribution in [3.63, 3.8) is 0 Å². The molecule has 4 aromatic rings. The number of hydrogen-bond donors (Lipinski definition) is 1. The Morgan fingerprint density at radius 3 is 2.19 bits per heavy atom. The number of allylic oxidation sites excluding steroid dienone is 1. The normalized spacial score (nSPS) is 12.0. The van der Waals surface area contributed by atoms with Crippen LogP contribution in [0.3, 0.4) is 0 Å². The highest BCUT2D eigenvalue weighted by molar-refractivity contribution is 7.00. The molecule has 0 aliphatic carbocycles. The van der Waals surface area contributed by atoms with E-state index < -0.39 is 5.97 Å². The lowest BCUT2D eigenvalue weighted by molar-refractivity contribution is -0.130. The molecule has 160 valence electrons. The maximum absolute atomic E-state index is 13.7. The van der Waals surface area contributed by atoms with E-state index in [2.05, 4.69) is 8.75 Å². The van der Waals surface area contributed by atoms with Crippen LogP contribution in [0.2, 0.25) is 0 Å². The number of nitrogens with zero attached hydrogens (tertiary/aromatic N) is 2. The van der Waals surface area contributed by atoms with Gasteiger partial charge in [-0.25, -0.2) is 4.79 Å².